The molecule has 0 spiro atoms. The van der Waals surface area contributed by atoms with E-state index in [1.54, 1.807) is 0 Å². The van der Waals surface area contributed by atoms with Crippen LogP contribution in [0.25, 0.3) is 152 Å². The number of benzene rings is 13. The molecule has 3 heterocycles. The molecule has 0 radical (unpaired) electrons. The minimum absolute atomic E-state index is 0.0869. The van der Waals surface area contributed by atoms with Gasteiger partial charge in [0.15, 0.2) is 0 Å². The van der Waals surface area contributed by atoms with E-state index in [4.69, 9.17) is 15.0 Å². The molecule has 0 saturated carbocycles. The van der Waals surface area contributed by atoms with E-state index in [0.29, 0.717) is 0 Å². The Kier molecular flexibility index (Phi) is 9.48. The first kappa shape index (κ1) is 49.4. The molecule has 3 heteroatoms. The van der Waals surface area contributed by atoms with Gasteiger partial charge in [0.2, 0.25) is 0 Å². The van der Waals surface area contributed by atoms with Crippen LogP contribution >= 0.6 is 0 Å². The zero-order valence-electron chi connectivity index (χ0n) is 50.0. The first-order valence-corrected chi connectivity index (χ1v) is 29.6. The maximum absolute atomic E-state index is 5.11. The fourth-order valence-electron chi connectivity index (χ4n) is 14.5. The topological polar surface area (TPSA) is 38.7 Å². The molecule has 0 aliphatic carbocycles. The van der Waals surface area contributed by atoms with Gasteiger partial charge in [0.1, 0.15) is 0 Å². The van der Waals surface area contributed by atoms with Crippen molar-refractivity contribution in [2.75, 3.05) is 0 Å². The minimum Gasteiger partial charge on any atom is -0.255 e. The molecule has 3 nitrogen and oxygen atoms in total. The minimum atomic E-state index is -0.136. The van der Waals surface area contributed by atoms with Gasteiger partial charge in [-0.25, -0.2) is 4.98 Å². The van der Waals surface area contributed by atoms with Crippen LogP contribution in [0.1, 0.15) is 143 Å². The Hall–Kier alpha value is -8.45. The summed E-state index contributed by atoms with van der Waals surface area (Å²) in [5, 5.41) is 32.8. The van der Waals surface area contributed by atoms with Crippen molar-refractivity contribution in [1.29, 1.82) is 0 Å². The average Bonchev–Trinajstić information content (AvgIpc) is 0.720. The number of rotatable bonds is 2. The van der Waals surface area contributed by atoms with E-state index in [2.05, 4.69) is 201 Å². The van der Waals surface area contributed by atoms with Crippen molar-refractivity contribution in [3.05, 3.63) is 173 Å². The summed E-state index contributed by atoms with van der Waals surface area (Å²) in [7, 11) is 0. The Morgan fingerprint density at radius 1 is 0.244 bits per heavy atom. The van der Waals surface area contributed by atoms with Crippen LogP contribution in [0.2, 0.25) is 0 Å². The standard InChI is InChI=1S/C79H67N3/c1-75(2,3)42-30-49-47-26-40(22-23-41-28-61(59-20-16-18-24-80-59)82-62(29-41)60-21-17-19-25-81-60)27-48-50-31-43(76(4,5)6)33-52-54-35-45(78(10,11)12)37-56-58-39-46(79(13,14)15)38-57-55-36-44(77(7,8)9)34-53-51(32-42)64(49)70-69(63(47)48)71(65(50)52)73(67(54)56)74(68(57)58)72(70)66(53)55/h16-21,24-39H,1-15H3. The normalized spacial score (nSPS) is 13.7. The van der Waals surface area contributed by atoms with E-state index in [1.165, 1.54) is 157 Å². The van der Waals surface area contributed by atoms with Crippen LogP contribution in [-0.2, 0) is 27.1 Å². The van der Waals surface area contributed by atoms with Crippen molar-refractivity contribution in [2.24, 2.45) is 0 Å². The third kappa shape index (κ3) is 6.70. The second-order valence-electron chi connectivity index (χ2n) is 29.5. The summed E-state index contributed by atoms with van der Waals surface area (Å²) in [5.74, 6) is 7.56. The molecular weight excluding hydrogens is 991 g/mol. The summed E-state index contributed by atoms with van der Waals surface area (Å²) in [6, 6.07) is 46.9. The van der Waals surface area contributed by atoms with Gasteiger partial charge >= 0.3 is 0 Å². The van der Waals surface area contributed by atoms with Crippen molar-refractivity contribution in [3.8, 4) is 34.6 Å². The van der Waals surface area contributed by atoms with Crippen molar-refractivity contribution in [3.63, 3.8) is 0 Å². The lowest BCUT2D eigenvalue weighted by atomic mass is 9.70. The Morgan fingerprint density at radius 3 is 0.671 bits per heavy atom. The van der Waals surface area contributed by atoms with E-state index in [-0.39, 0.29) is 27.1 Å². The van der Waals surface area contributed by atoms with Crippen LogP contribution in [0, 0.1) is 11.8 Å². The summed E-state index contributed by atoms with van der Waals surface area (Å²) in [6.45, 7) is 35.9. The smallest absolute Gasteiger partial charge is 0.0906 e. The molecule has 0 aliphatic rings. The van der Waals surface area contributed by atoms with Gasteiger partial charge in [-0.2, -0.15) is 0 Å². The quantitative estimate of drug-likeness (QED) is 0.0984. The zero-order chi connectivity index (χ0) is 56.8. The number of aromatic nitrogens is 3. The first-order valence-electron chi connectivity index (χ1n) is 29.6. The molecule has 0 atom stereocenters. The molecule has 0 N–H and O–H groups in total. The lowest BCUT2D eigenvalue weighted by Crippen LogP contribution is -2.14. The Morgan fingerprint density at radius 2 is 0.463 bits per heavy atom. The summed E-state index contributed by atoms with van der Waals surface area (Å²) >= 11 is 0. The molecular formula is C79H67N3. The molecule has 16 aromatic rings. The molecule has 0 saturated heterocycles. The number of hydrogen-bond acceptors (Lipinski definition) is 3. The second-order valence-corrected chi connectivity index (χ2v) is 29.5. The van der Waals surface area contributed by atoms with Gasteiger partial charge in [0, 0.05) is 23.5 Å². The van der Waals surface area contributed by atoms with Crippen molar-refractivity contribution in [1.82, 2.24) is 15.0 Å². The van der Waals surface area contributed by atoms with E-state index in [9.17, 15) is 0 Å². The summed E-state index contributed by atoms with van der Waals surface area (Å²) in [5.41, 5.74) is 11.2. The van der Waals surface area contributed by atoms with Crippen LogP contribution in [0.5, 0.6) is 0 Å². The van der Waals surface area contributed by atoms with Crippen LogP contribution in [0.15, 0.2) is 134 Å². The second kappa shape index (κ2) is 15.8. The molecule has 16 rings (SSSR count). The number of fused-ring (bicyclic) bond motifs is 6. The molecule has 0 amide bonds. The molecule has 398 valence electrons. The molecule has 0 bridgehead atoms. The van der Waals surface area contributed by atoms with Gasteiger partial charge in [-0.15, -0.1) is 0 Å². The highest BCUT2D eigenvalue weighted by Crippen LogP contribution is 2.62. The average molecular weight is 1060 g/mol. The molecule has 3 aromatic heterocycles. The van der Waals surface area contributed by atoms with Gasteiger partial charge in [0.25, 0.3) is 0 Å². The van der Waals surface area contributed by atoms with Gasteiger partial charge in [-0.05, 0) is 293 Å². The van der Waals surface area contributed by atoms with Crippen LogP contribution < -0.4 is 0 Å². The highest BCUT2D eigenvalue weighted by atomic mass is 14.8. The molecule has 13 aromatic carbocycles. The van der Waals surface area contributed by atoms with Gasteiger partial charge in [0.05, 0.1) is 22.8 Å². The number of pyridine rings is 3. The number of nitrogens with zero attached hydrogens (tertiary/aromatic N) is 3. The van der Waals surface area contributed by atoms with Crippen molar-refractivity contribution < 1.29 is 0 Å². The van der Waals surface area contributed by atoms with E-state index in [1.807, 2.05) is 48.8 Å². The van der Waals surface area contributed by atoms with Crippen LogP contribution in [-0.4, -0.2) is 15.0 Å². The largest absolute Gasteiger partial charge is 0.255 e. The van der Waals surface area contributed by atoms with Gasteiger partial charge in [-0.3, -0.25) is 9.97 Å². The van der Waals surface area contributed by atoms with Crippen LogP contribution in [0.3, 0.4) is 0 Å². The molecule has 0 aliphatic heterocycles. The maximum atomic E-state index is 5.11. The Labute approximate surface area is 479 Å². The Bertz CT molecular complexity index is 5110. The van der Waals surface area contributed by atoms with E-state index < -0.39 is 0 Å². The number of hydrogen-bond donors (Lipinski definition) is 0. The summed E-state index contributed by atoms with van der Waals surface area (Å²) in [6.07, 6.45) is 3.65. The first-order chi connectivity index (χ1) is 38.8. The van der Waals surface area contributed by atoms with E-state index in [0.717, 1.165) is 33.9 Å². The predicted molar refractivity (Wildman–Crippen MR) is 354 cm³/mol. The third-order valence-electron chi connectivity index (χ3n) is 18.9. The lowest BCUT2D eigenvalue weighted by molar-refractivity contribution is 0.591. The van der Waals surface area contributed by atoms with Gasteiger partial charge in [-0.1, -0.05) is 128 Å². The van der Waals surface area contributed by atoms with Crippen LogP contribution in [0.4, 0.5) is 0 Å². The SMILES string of the molecule is CC(C)(C)c1cc2c3cc(C#Cc4cc(-c5ccccn5)nc(-c5ccccn5)c4)cc4c5cc(C(C)(C)C)cc6c7cc(C(C)(C)C)cc8c9cc(C(C)(C)C)cc%10c%11cc(C(C)(C)C)cc%12c(c1)c2c1c(c34)c(c56)c(c78)c(c%109)c1c%12%11. The maximum Gasteiger partial charge on any atom is 0.0906 e. The van der Waals surface area contributed by atoms with Gasteiger partial charge < -0.3 is 0 Å². The zero-order valence-corrected chi connectivity index (χ0v) is 50.0. The van der Waals surface area contributed by atoms with E-state index >= 15 is 0 Å². The highest BCUT2D eigenvalue weighted by Gasteiger charge is 2.35. The predicted octanol–water partition coefficient (Wildman–Crippen LogP) is 21.6. The fourth-order valence-corrected chi connectivity index (χ4v) is 14.5. The summed E-state index contributed by atoms with van der Waals surface area (Å²) in [4.78, 5) is 14.6. The lowest BCUT2D eigenvalue weighted by Gasteiger charge is -2.32. The van der Waals surface area contributed by atoms with Crippen molar-refractivity contribution >= 4 is 129 Å². The molecule has 0 fully saturated rings. The third-order valence-corrected chi connectivity index (χ3v) is 18.9. The highest BCUT2D eigenvalue weighted by molar-refractivity contribution is 6.61. The Balaban J connectivity index is 1.19. The molecule has 0 unspecified atom stereocenters. The monoisotopic (exact) mass is 1060 g/mol. The molecule has 82 heavy (non-hydrogen) atoms. The summed E-state index contributed by atoms with van der Waals surface area (Å²) < 4.78 is 0. The fraction of sp³-hybridized carbons (Fsp3) is 0.253. The van der Waals surface area contributed by atoms with Crippen molar-refractivity contribution in [2.45, 2.75) is 131 Å².